The summed E-state index contributed by atoms with van der Waals surface area (Å²) in [5.41, 5.74) is 0.871. The molecular formula is C11H8BrNO3S. The van der Waals surface area contributed by atoms with E-state index >= 15 is 0 Å². The number of aromatic nitrogens is 1. The van der Waals surface area contributed by atoms with E-state index in [1.165, 1.54) is 11.3 Å². The van der Waals surface area contributed by atoms with Crippen LogP contribution in [-0.4, -0.2) is 23.2 Å². The van der Waals surface area contributed by atoms with Gasteiger partial charge in [-0.2, -0.15) is 0 Å². The molecule has 0 spiro atoms. The molecule has 0 unspecified atom stereocenters. The van der Waals surface area contributed by atoms with Gasteiger partial charge in [-0.05, 0) is 28.1 Å². The predicted molar refractivity (Wildman–Crippen MR) is 68.8 cm³/mol. The van der Waals surface area contributed by atoms with Crippen molar-refractivity contribution in [2.45, 2.75) is 0 Å². The summed E-state index contributed by atoms with van der Waals surface area (Å²) < 4.78 is 5.63. The van der Waals surface area contributed by atoms with Crippen molar-refractivity contribution in [3.05, 3.63) is 33.7 Å². The number of halogens is 1. The number of hydrogen-bond acceptors (Lipinski definition) is 4. The average molecular weight is 314 g/mol. The minimum Gasteiger partial charge on any atom is -0.497 e. The largest absolute Gasteiger partial charge is 0.497 e. The predicted octanol–water partition coefficient (Wildman–Crippen LogP) is 3.28. The summed E-state index contributed by atoms with van der Waals surface area (Å²) in [5.74, 6) is -0.326. The summed E-state index contributed by atoms with van der Waals surface area (Å²) in [6.45, 7) is 0. The van der Waals surface area contributed by atoms with Crippen molar-refractivity contribution >= 4 is 33.2 Å². The molecule has 0 aliphatic carbocycles. The van der Waals surface area contributed by atoms with Crippen molar-refractivity contribution in [3.8, 4) is 16.3 Å². The Hall–Kier alpha value is -1.40. The molecule has 0 aliphatic rings. The van der Waals surface area contributed by atoms with E-state index in [9.17, 15) is 4.79 Å². The number of aromatic carboxylic acids is 1. The molecule has 0 amide bonds. The third kappa shape index (κ3) is 2.48. The Morgan fingerprint density at radius 2 is 2.29 bits per heavy atom. The highest BCUT2D eigenvalue weighted by Gasteiger charge is 2.16. The van der Waals surface area contributed by atoms with Crippen LogP contribution >= 0.6 is 27.3 Å². The highest BCUT2D eigenvalue weighted by molar-refractivity contribution is 9.11. The van der Waals surface area contributed by atoms with Crippen LogP contribution in [0.4, 0.5) is 0 Å². The average Bonchev–Trinajstić information content (AvgIpc) is 2.71. The maximum absolute atomic E-state index is 10.9. The van der Waals surface area contributed by atoms with E-state index in [0.29, 0.717) is 14.5 Å². The summed E-state index contributed by atoms with van der Waals surface area (Å²) in [6, 6.07) is 7.34. The summed E-state index contributed by atoms with van der Waals surface area (Å²) >= 11 is 4.48. The van der Waals surface area contributed by atoms with E-state index in [0.717, 1.165) is 5.56 Å². The second-order valence-electron chi connectivity index (χ2n) is 3.18. The lowest BCUT2D eigenvalue weighted by atomic mass is 10.2. The van der Waals surface area contributed by atoms with Crippen LogP contribution in [0.1, 0.15) is 10.5 Å². The molecule has 6 heteroatoms. The second-order valence-corrected chi connectivity index (χ2v) is 5.50. The molecule has 4 nitrogen and oxygen atoms in total. The molecule has 0 saturated heterocycles. The highest BCUT2D eigenvalue weighted by atomic mass is 79.9. The van der Waals surface area contributed by atoms with Crippen molar-refractivity contribution in [2.75, 3.05) is 7.11 Å². The zero-order valence-electron chi connectivity index (χ0n) is 8.81. The van der Waals surface area contributed by atoms with Crippen LogP contribution < -0.4 is 4.74 Å². The number of methoxy groups -OCH3 is 1. The number of nitrogens with zero attached hydrogens (tertiary/aromatic N) is 1. The fraction of sp³-hybridized carbons (Fsp3) is 0.0909. The standard InChI is InChI=1S/C11H8BrNO3S/c1-16-7-4-2-3-6(5-7)10-13-8(11(14)15)9(12)17-10/h2-5H,1H3,(H,14,15). The van der Waals surface area contributed by atoms with Gasteiger partial charge < -0.3 is 9.84 Å². The summed E-state index contributed by atoms with van der Waals surface area (Å²) in [6.07, 6.45) is 0. The van der Waals surface area contributed by atoms with Crippen LogP contribution in [0.5, 0.6) is 5.75 Å². The summed E-state index contributed by atoms with van der Waals surface area (Å²) in [5, 5.41) is 9.56. The number of carboxylic acids is 1. The number of benzene rings is 1. The van der Waals surface area contributed by atoms with E-state index in [4.69, 9.17) is 9.84 Å². The zero-order chi connectivity index (χ0) is 12.4. The fourth-order valence-corrected chi connectivity index (χ4v) is 2.81. The molecule has 2 rings (SSSR count). The van der Waals surface area contributed by atoms with Gasteiger partial charge in [0.15, 0.2) is 5.69 Å². The molecule has 1 heterocycles. The van der Waals surface area contributed by atoms with Gasteiger partial charge in [0.2, 0.25) is 0 Å². The first-order valence-corrected chi connectivity index (χ1v) is 6.27. The topological polar surface area (TPSA) is 59.4 Å². The number of carboxylic acid groups (broad SMARTS) is 1. The first-order chi connectivity index (χ1) is 8.11. The molecule has 1 aromatic carbocycles. The molecule has 1 aromatic heterocycles. The maximum atomic E-state index is 10.9. The van der Waals surface area contributed by atoms with Crippen molar-refractivity contribution in [1.82, 2.24) is 4.98 Å². The number of hydrogen-bond donors (Lipinski definition) is 1. The highest BCUT2D eigenvalue weighted by Crippen LogP contribution is 2.33. The van der Waals surface area contributed by atoms with Gasteiger partial charge in [-0.1, -0.05) is 12.1 Å². The van der Waals surface area contributed by atoms with Gasteiger partial charge in [0.1, 0.15) is 14.5 Å². The van der Waals surface area contributed by atoms with Crippen LogP contribution in [0.25, 0.3) is 10.6 Å². The van der Waals surface area contributed by atoms with Gasteiger partial charge in [-0.3, -0.25) is 0 Å². The number of ether oxygens (including phenoxy) is 1. The van der Waals surface area contributed by atoms with Crippen molar-refractivity contribution in [1.29, 1.82) is 0 Å². The number of carbonyl (C=O) groups is 1. The molecule has 1 N–H and O–H groups in total. The molecule has 88 valence electrons. The van der Waals surface area contributed by atoms with E-state index in [1.54, 1.807) is 7.11 Å². The number of thiazole rings is 1. The number of rotatable bonds is 3. The van der Waals surface area contributed by atoms with Gasteiger partial charge >= 0.3 is 5.97 Å². The lowest BCUT2D eigenvalue weighted by Crippen LogP contribution is -1.97. The Morgan fingerprint density at radius 1 is 1.53 bits per heavy atom. The van der Waals surface area contributed by atoms with Crippen molar-refractivity contribution in [3.63, 3.8) is 0 Å². The van der Waals surface area contributed by atoms with Gasteiger partial charge in [-0.15, -0.1) is 11.3 Å². The van der Waals surface area contributed by atoms with Crippen molar-refractivity contribution < 1.29 is 14.6 Å². The van der Waals surface area contributed by atoms with E-state index in [1.807, 2.05) is 24.3 Å². The minimum atomic E-state index is -1.04. The Bertz CT molecular complexity index is 568. The van der Waals surface area contributed by atoms with Gasteiger partial charge in [0.05, 0.1) is 7.11 Å². The van der Waals surface area contributed by atoms with Gasteiger partial charge in [-0.25, -0.2) is 9.78 Å². The van der Waals surface area contributed by atoms with Gasteiger partial charge in [0.25, 0.3) is 0 Å². The molecule has 0 bridgehead atoms. The van der Waals surface area contributed by atoms with Crippen LogP contribution in [0.15, 0.2) is 28.1 Å². The molecular weight excluding hydrogens is 306 g/mol. The quantitative estimate of drug-likeness (QED) is 0.944. The molecule has 0 aliphatic heterocycles. The van der Waals surface area contributed by atoms with Crippen LogP contribution in [-0.2, 0) is 0 Å². The molecule has 17 heavy (non-hydrogen) atoms. The Morgan fingerprint density at radius 3 is 2.88 bits per heavy atom. The lowest BCUT2D eigenvalue weighted by molar-refractivity contribution is 0.0690. The van der Waals surface area contributed by atoms with Crippen LogP contribution in [0.2, 0.25) is 0 Å². The Balaban J connectivity index is 2.46. The maximum Gasteiger partial charge on any atom is 0.356 e. The molecule has 0 radical (unpaired) electrons. The van der Waals surface area contributed by atoms with E-state index in [2.05, 4.69) is 20.9 Å². The summed E-state index contributed by atoms with van der Waals surface area (Å²) in [7, 11) is 1.58. The molecule has 0 atom stereocenters. The lowest BCUT2D eigenvalue weighted by Gasteiger charge is -2.00. The zero-order valence-corrected chi connectivity index (χ0v) is 11.2. The van der Waals surface area contributed by atoms with E-state index in [-0.39, 0.29) is 5.69 Å². The summed E-state index contributed by atoms with van der Waals surface area (Å²) in [4.78, 5) is 15.0. The Labute approximate surface area is 110 Å². The Kier molecular flexibility index (Phi) is 3.44. The third-order valence-electron chi connectivity index (χ3n) is 2.11. The smallest absolute Gasteiger partial charge is 0.356 e. The third-order valence-corrected chi connectivity index (χ3v) is 3.86. The monoisotopic (exact) mass is 313 g/mol. The molecule has 0 saturated carbocycles. The fourth-order valence-electron chi connectivity index (χ4n) is 1.31. The van der Waals surface area contributed by atoms with E-state index < -0.39 is 5.97 Å². The van der Waals surface area contributed by atoms with Crippen molar-refractivity contribution in [2.24, 2.45) is 0 Å². The van der Waals surface area contributed by atoms with Crippen LogP contribution in [0.3, 0.4) is 0 Å². The first kappa shape index (κ1) is 12.1. The van der Waals surface area contributed by atoms with Gasteiger partial charge in [0, 0.05) is 5.56 Å². The molecule has 0 fully saturated rings. The molecule has 2 aromatic rings. The van der Waals surface area contributed by atoms with Crippen LogP contribution in [0, 0.1) is 0 Å². The first-order valence-electron chi connectivity index (χ1n) is 4.66. The minimum absolute atomic E-state index is 0.0350. The SMILES string of the molecule is COc1cccc(-c2nc(C(=O)O)c(Br)s2)c1. The normalized spacial score (nSPS) is 10.2. The second kappa shape index (κ2) is 4.85.